The number of carbonyl (C=O) groups excluding carboxylic acids is 1. The molecule has 1 heterocycles. The average Bonchev–Trinajstić information content (AvgIpc) is 2.59. The van der Waals surface area contributed by atoms with Gasteiger partial charge in [0.25, 0.3) is 0 Å². The van der Waals surface area contributed by atoms with Crippen molar-refractivity contribution in [1.82, 2.24) is 9.80 Å². The lowest BCUT2D eigenvalue weighted by molar-refractivity contribution is 0.199. The van der Waals surface area contributed by atoms with E-state index in [4.69, 9.17) is 5.26 Å². The molecule has 5 heteroatoms. The monoisotopic (exact) mass is 293 g/mol. The van der Waals surface area contributed by atoms with E-state index < -0.39 is 0 Å². The number of hydrogen-bond donors (Lipinski definition) is 0. The highest BCUT2D eigenvalue weighted by Gasteiger charge is 2.35. The van der Waals surface area contributed by atoms with Crippen molar-refractivity contribution in [3.05, 3.63) is 34.3 Å². The van der Waals surface area contributed by atoms with Gasteiger partial charge in [0.2, 0.25) is 0 Å². The first-order valence-corrected chi connectivity index (χ1v) is 6.07. The molecule has 1 aromatic carbocycles. The Morgan fingerprint density at radius 2 is 2.12 bits per heavy atom. The van der Waals surface area contributed by atoms with Crippen LogP contribution in [0.1, 0.15) is 11.6 Å². The fourth-order valence-electron chi connectivity index (χ4n) is 2.00. The van der Waals surface area contributed by atoms with Crippen LogP contribution in [0, 0.1) is 11.3 Å². The van der Waals surface area contributed by atoms with Gasteiger partial charge in [-0.15, -0.1) is 0 Å². The normalized spacial score (nSPS) is 19.6. The highest BCUT2D eigenvalue weighted by atomic mass is 79.9. The molecule has 88 valence electrons. The van der Waals surface area contributed by atoms with Gasteiger partial charge in [0.15, 0.2) is 0 Å². The lowest BCUT2D eigenvalue weighted by Gasteiger charge is -2.17. The Labute approximate surface area is 109 Å². The van der Waals surface area contributed by atoms with Crippen LogP contribution in [0.3, 0.4) is 0 Å². The largest absolute Gasteiger partial charge is 0.321 e. The first kappa shape index (κ1) is 11.9. The number of likely N-dealkylation sites (N-methyl/N-ethyl adjacent to an activating group) is 1. The van der Waals surface area contributed by atoms with Crippen LogP contribution < -0.4 is 0 Å². The van der Waals surface area contributed by atoms with Crippen LogP contribution in [0.5, 0.6) is 0 Å². The zero-order valence-electron chi connectivity index (χ0n) is 9.43. The predicted molar refractivity (Wildman–Crippen MR) is 67.2 cm³/mol. The van der Waals surface area contributed by atoms with Crippen LogP contribution in [-0.4, -0.2) is 36.0 Å². The second-order valence-corrected chi connectivity index (χ2v) is 4.92. The number of benzene rings is 1. The summed E-state index contributed by atoms with van der Waals surface area (Å²) >= 11 is 3.38. The van der Waals surface area contributed by atoms with Gasteiger partial charge in [0.05, 0.1) is 12.1 Å². The van der Waals surface area contributed by atoms with Crippen molar-refractivity contribution in [1.29, 1.82) is 5.26 Å². The topological polar surface area (TPSA) is 47.3 Å². The van der Waals surface area contributed by atoms with E-state index in [9.17, 15) is 4.79 Å². The first-order valence-electron chi connectivity index (χ1n) is 5.27. The Hall–Kier alpha value is -1.54. The molecule has 0 spiro atoms. The molecule has 2 amide bonds. The van der Waals surface area contributed by atoms with Gasteiger partial charge in [0.1, 0.15) is 6.54 Å². The quantitative estimate of drug-likeness (QED) is 0.786. The lowest BCUT2D eigenvalue weighted by atomic mass is 10.1. The molecule has 1 aromatic rings. The number of carbonyl (C=O) groups is 1. The van der Waals surface area contributed by atoms with Crippen LogP contribution >= 0.6 is 15.9 Å². The van der Waals surface area contributed by atoms with E-state index in [1.807, 2.05) is 30.3 Å². The van der Waals surface area contributed by atoms with Crippen LogP contribution in [0.25, 0.3) is 0 Å². The van der Waals surface area contributed by atoms with E-state index >= 15 is 0 Å². The Bertz CT molecular complexity index is 466. The molecule has 1 atom stereocenters. The van der Waals surface area contributed by atoms with E-state index in [0.717, 1.165) is 10.0 Å². The summed E-state index contributed by atoms with van der Waals surface area (Å²) in [5.41, 5.74) is 1.09. The molecule has 0 radical (unpaired) electrons. The molecule has 1 aliphatic heterocycles. The summed E-state index contributed by atoms with van der Waals surface area (Å²) in [6.45, 7) is 0.723. The highest BCUT2D eigenvalue weighted by molar-refractivity contribution is 9.10. The molecule has 0 bridgehead atoms. The standard InChI is InChI=1S/C12H12BrN3O/c1-15-11(8-16(7-6-14)12(15)17)9-2-4-10(13)5-3-9/h2-5,11H,7-8H2,1H3. The molecule has 4 nitrogen and oxygen atoms in total. The smallest absolute Gasteiger partial charge is 0.319 e. The van der Waals surface area contributed by atoms with Gasteiger partial charge in [-0.05, 0) is 17.7 Å². The summed E-state index contributed by atoms with van der Waals surface area (Å²) in [6, 6.07) is 9.87. The van der Waals surface area contributed by atoms with E-state index in [-0.39, 0.29) is 18.6 Å². The van der Waals surface area contributed by atoms with Crippen molar-refractivity contribution in [2.45, 2.75) is 6.04 Å². The third-order valence-electron chi connectivity index (χ3n) is 2.95. The fraction of sp³-hybridized carbons (Fsp3) is 0.333. The first-order chi connectivity index (χ1) is 8.13. The third-order valence-corrected chi connectivity index (χ3v) is 3.48. The number of amides is 2. The molecule has 1 unspecified atom stereocenters. The maximum atomic E-state index is 11.8. The van der Waals surface area contributed by atoms with Gasteiger partial charge in [-0.1, -0.05) is 28.1 Å². The minimum absolute atomic E-state index is 0.0314. The summed E-state index contributed by atoms with van der Waals surface area (Å²) in [4.78, 5) is 15.1. The minimum atomic E-state index is -0.0838. The summed E-state index contributed by atoms with van der Waals surface area (Å²) < 4.78 is 1.02. The molecule has 0 saturated carbocycles. The number of nitriles is 1. The summed E-state index contributed by atoms with van der Waals surface area (Å²) in [6.07, 6.45) is 0. The SMILES string of the molecule is CN1C(=O)N(CC#N)CC1c1ccc(Br)cc1. The number of urea groups is 1. The zero-order chi connectivity index (χ0) is 12.4. The molecular weight excluding hydrogens is 282 g/mol. The van der Waals surface area contributed by atoms with Crippen LogP contribution in [0.2, 0.25) is 0 Å². The van der Waals surface area contributed by atoms with Gasteiger partial charge in [0, 0.05) is 18.1 Å². The summed E-state index contributed by atoms with van der Waals surface area (Å²) in [5.74, 6) is 0. The Balaban J connectivity index is 2.21. The highest BCUT2D eigenvalue weighted by Crippen LogP contribution is 2.28. The molecular formula is C12H12BrN3O. The second kappa shape index (κ2) is 4.76. The Morgan fingerprint density at radius 3 is 2.71 bits per heavy atom. The molecule has 0 N–H and O–H groups in total. The Kier molecular flexibility index (Phi) is 3.34. The summed E-state index contributed by atoms with van der Waals surface area (Å²) in [7, 11) is 1.77. The van der Waals surface area contributed by atoms with Crippen molar-refractivity contribution in [2.24, 2.45) is 0 Å². The third kappa shape index (κ3) is 2.27. The maximum Gasteiger partial charge on any atom is 0.321 e. The van der Waals surface area contributed by atoms with E-state index in [1.165, 1.54) is 0 Å². The number of rotatable bonds is 2. The molecule has 0 aromatic heterocycles. The summed E-state index contributed by atoms with van der Waals surface area (Å²) in [5, 5.41) is 8.66. The van der Waals surface area contributed by atoms with Crippen LogP contribution in [0.4, 0.5) is 4.79 Å². The Morgan fingerprint density at radius 1 is 1.47 bits per heavy atom. The number of halogens is 1. The van der Waals surface area contributed by atoms with Crippen LogP contribution in [0.15, 0.2) is 28.7 Å². The van der Waals surface area contributed by atoms with Crippen molar-refractivity contribution in [3.63, 3.8) is 0 Å². The molecule has 17 heavy (non-hydrogen) atoms. The number of nitrogens with zero attached hydrogens (tertiary/aromatic N) is 3. The predicted octanol–water partition coefficient (Wildman–Crippen LogP) is 2.38. The number of hydrogen-bond acceptors (Lipinski definition) is 2. The lowest BCUT2D eigenvalue weighted by Crippen LogP contribution is -2.29. The van der Waals surface area contributed by atoms with Gasteiger partial charge < -0.3 is 9.80 Å². The zero-order valence-corrected chi connectivity index (χ0v) is 11.0. The van der Waals surface area contributed by atoms with E-state index in [0.29, 0.717) is 6.54 Å². The van der Waals surface area contributed by atoms with Gasteiger partial charge in [-0.25, -0.2) is 4.79 Å². The van der Waals surface area contributed by atoms with Crippen molar-refractivity contribution in [2.75, 3.05) is 20.1 Å². The van der Waals surface area contributed by atoms with Gasteiger partial charge in [-0.3, -0.25) is 0 Å². The van der Waals surface area contributed by atoms with Crippen molar-refractivity contribution < 1.29 is 4.79 Å². The molecule has 0 aliphatic carbocycles. The minimum Gasteiger partial charge on any atom is -0.319 e. The van der Waals surface area contributed by atoms with Crippen LogP contribution in [-0.2, 0) is 0 Å². The van der Waals surface area contributed by atoms with Crippen molar-refractivity contribution >= 4 is 22.0 Å². The maximum absolute atomic E-state index is 11.8. The molecule has 1 saturated heterocycles. The average molecular weight is 294 g/mol. The second-order valence-electron chi connectivity index (χ2n) is 4.00. The van der Waals surface area contributed by atoms with E-state index in [1.54, 1.807) is 16.8 Å². The molecule has 1 aliphatic rings. The van der Waals surface area contributed by atoms with Crippen molar-refractivity contribution in [3.8, 4) is 6.07 Å². The van der Waals surface area contributed by atoms with Gasteiger partial charge >= 0.3 is 6.03 Å². The van der Waals surface area contributed by atoms with E-state index in [2.05, 4.69) is 15.9 Å². The molecule has 2 rings (SSSR count). The van der Waals surface area contributed by atoms with Gasteiger partial charge in [-0.2, -0.15) is 5.26 Å². The molecule has 1 fully saturated rings. The fourth-order valence-corrected chi connectivity index (χ4v) is 2.26.